The molecule has 1 aliphatic heterocycles. The van der Waals surface area contributed by atoms with Gasteiger partial charge in [-0.2, -0.15) is 4.31 Å². The van der Waals surface area contributed by atoms with Gasteiger partial charge in [0.05, 0.1) is 0 Å². The molecule has 7 heteroatoms. The molecule has 1 unspecified atom stereocenters. The average molecular weight is 300 g/mol. The molecule has 0 amide bonds. The molecule has 1 aliphatic rings. The van der Waals surface area contributed by atoms with Crippen LogP contribution in [0.3, 0.4) is 0 Å². The van der Waals surface area contributed by atoms with Crippen LogP contribution in [0.1, 0.15) is 36.7 Å². The SMILES string of the molecule is CC1CCCN(S(=O)(=O)c2cc(C(=O)O)n(C)c2)CC1. The van der Waals surface area contributed by atoms with Gasteiger partial charge in [-0.05, 0) is 31.2 Å². The molecular formula is C13H20N2O4S. The van der Waals surface area contributed by atoms with E-state index in [0.29, 0.717) is 19.0 Å². The van der Waals surface area contributed by atoms with Gasteiger partial charge in [0, 0.05) is 26.3 Å². The van der Waals surface area contributed by atoms with E-state index in [1.807, 2.05) is 0 Å². The molecule has 0 bridgehead atoms. The van der Waals surface area contributed by atoms with Gasteiger partial charge in [0.25, 0.3) is 0 Å². The summed E-state index contributed by atoms with van der Waals surface area (Å²) in [4.78, 5) is 11.1. The van der Waals surface area contributed by atoms with Gasteiger partial charge in [0.15, 0.2) is 0 Å². The molecule has 1 saturated heterocycles. The number of carbonyl (C=O) groups is 1. The first-order valence-electron chi connectivity index (χ1n) is 6.72. The molecule has 0 saturated carbocycles. The van der Waals surface area contributed by atoms with Gasteiger partial charge in [0.1, 0.15) is 10.6 Å². The lowest BCUT2D eigenvalue weighted by Gasteiger charge is -2.19. The van der Waals surface area contributed by atoms with Crippen molar-refractivity contribution in [1.82, 2.24) is 8.87 Å². The fourth-order valence-corrected chi connectivity index (χ4v) is 4.08. The largest absolute Gasteiger partial charge is 0.477 e. The first-order chi connectivity index (χ1) is 9.32. The van der Waals surface area contributed by atoms with E-state index in [2.05, 4.69) is 6.92 Å². The minimum atomic E-state index is -3.59. The Bertz CT molecular complexity index is 606. The zero-order valence-electron chi connectivity index (χ0n) is 11.7. The number of carboxylic acid groups (broad SMARTS) is 1. The third-order valence-corrected chi connectivity index (χ3v) is 5.68. The Balaban J connectivity index is 2.30. The summed E-state index contributed by atoms with van der Waals surface area (Å²) in [7, 11) is -2.06. The first kappa shape index (κ1) is 15.1. The van der Waals surface area contributed by atoms with Gasteiger partial charge in [-0.15, -0.1) is 0 Å². The van der Waals surface area contributed by atoms with Crippen LogP contribution in [0.15, 0.2) is 17.2 Å². The Morgan fingerprint density at radius 3 is 2.65 bits per heavy atom. The molecule has 112 valence electrons. The smallest absolute Gasteiger partial charge is 0.352 e. The molecule has 0 radical (unpaired) electrons. The minimum Gasteiger partial charge on any atom is -0.477 e. The zero-order chi connectivity index (χ0) is 14.9. The number of hydrogen-bond donors (Lipinski definition) is 1. The van der Waals surface area contributed by atoms with Gasteiger partial charge in [-0.25, -0.2) is 13.2 Å². The molecule has 1 atom stereocenters. The summed E-state index contributed by atoms with van der Waals surface area (Å²) in [5, 5.41) is 9.01. The van der Waals surface area contributed by atoms with Crippen molar-refractivity contribution in [2.24, 2.45) is 13.0 Å². The fraction of sp³-hybridized carbons (Fsp3) is 0.615. The number of hydrogen-bond acceptors (Lipinski definition) is 3. The molecule has 6 nitrogen and oxygen atoms in total. The second kappa shape index (κ2) is 5.57. The van der Waals surface area contributed by atoms with Crippen molar-refractivity contribution >= 4 is 16.0 Å². The minimum absolute atomic E-state index is 0.0215. The number of carboxylic acids is 1. The maximum atomic E-state index is 12.6. The molecule has 0 spiro atoms. The number of aromatic nitrogens is 1. The highest BCUT2D eigenvalue weighted by atomic mass is 32.2. The van der Waals surface area contributed by atoms with Crippen LogP contribution in [-0.2, 0) is 17.1 Å². The second-order valence-corrected chi connectivity index (χ2v) is 7.36. The van der Waals surface area contributed by atoms with Crippen molar-refractivity contribution in [3.05, 3.63) is 18.0 Å². The molecule has 1 N–H and O–H groups in total. The Morgan fingerprint density at radius 2 is 2.05 bits per heavy atom. The molecule has 0 aliphatic carbocycles. The van der Waals surface area contributed by atoms with Crippen LogP contribution in [0, 0.1) is 5.92 Å². The molecule has 20 heavy (non-hydrogen) atoms. The number of nitrogens with zero attached hydrogens (tertiary/aromatic N) is 2. The van der Waals surface area contributed by atoms with E-state index < -0.39 is 16.0 Å². The van der Waals surface area contributed by atoms with Gasteiger partial charge in [-0.3, -0.25) is 0 Å². The summed E-state index contributed by atoms with van der Waals surface area (Å²) < 4.78 is 27.9. The molecular weight excluding hydrogens is 280 g/mol. The second-order valence-electron chi connectivity index (χ2n) is 5.42. The molecule has 2 heterocycles. The summed E-state index contributed by atoms with van der Waals surface area (Å²) in [6.07, 6.45) is 4.09. The van der Waals surface area contributed by atoms with Crippen LogP contribution in [-0.4, -0.2) is 41.5 Å². The lowest BCUT2D eigenvalue weighted by atomic mass is 10.0. The van der Waals surface area contributed by atoms with Crippen LogP contribution in [0.25, 0.3) is 0 Å². The van der Waals surface area contributed by atoms with Gasteiger partial charge in [-0.1, -0.05) is 6.92 Å². The van der Waals surface area contributed by atoms with Crippen LogP contribution in [0.2, 0.25) is 0 Å². The summed E-state index contributed by atoms with van der Waals surface area (Å²) in [6.45, 7) is 3.13. The fourth-order valence-electron chi connectivity index (χ4n) is 2.51. The van der Waals surface area contributed by atoms with Crippen LogP contribution >= 0.6 is 0 Å². The quantitative estimate of drug-likeness (QED) is 0.918. The average Bonchev–Trinajstić information content (AvgIpc) is 2.62. The third kappa shape index (κ3) is 2.88. The van der Waals surface area contributed by atoms with Crippen LogP contribution in [0.5, 0.6) is 0 Å². The van der Waals surface area contributed by atoms with E-state index >= 15 is 0 Å². The predicted octanol–water partition coefficient (Wildman–Crippen LogP) is 1.53. The Morgan fingerprint density at radius 1 is 1.35 bits per heavy atom. The third-order valence-electron chi connectivity index (χ3n) is 3.81. The molecule has 1 aromatic heterocycles. The Labute approximate surface area is 119 Å². The van der Waals surface area contributed by atoms with Crippen LogP contribution < -0.4 is 0 Å². The number of sulfonamides is 1. The normalized spacial score (nSPS) is 21.6. The van der Waals surface area contributed by atoms with Gasteiger partial charge in [0.2, 0.25) is 10.0 Å². The highest BCUT2D eigenvalue weighted by molar-refractivity contribution is 7.89. The van der Waals surface area contributed by atoms with Gasteiger partial charge >= 0.3 is 5.97 Å². The van der Waals surface area contributed by atoms with E-state index in [9.17, 15) is 13.2 Å². The summed E-state index contributed by atoms with van der Waals surface area (Å²) in [5.41, 5.74) is -0.0215. The summed E-state index contributed by atoms with van der Waals surface area (Å²) in [6, 6.07) is 1.23. The lowest BCUT2D eigenvalue weighted by Crippen LogP contribution is -2.31. The van der Waals surface area contributed by atoms with E-state index in [1.165, 1.54) is 28.2 Å². The summed E-state index contributed by atoms with van der Waals surface area (Å²) >= 11 is 0. The van der Waals surface area contributed by atoms with Crippen molar-refractivity contribution in [3.63, 3.8) is 0 Å². The highest BCUT2D eigenvalue weighted by Gasteiger charge is 2.28. The molecule has 1 aromatic rings. The van der Waals surface area contributed by atoms with Crippen molar-refractivity contribution in [2.75, 3.05) is 13.1 Å². The van der Waals surface area contributed by atoms with Gasteiger partial charge < -0.3 is 9.67 Å². The highest BCUT2D eigenvalue weighted by Crippen LogP contribution is 2.24. The van der Waals surface area contributed by atoms with Crippen molar-refractivity contribution in [3.8, 4) is 0 Å². The van der Waals surface area contributed by atoms with E-state index in [-0.39, 0.29) is 10.6 Å². The maximum absolute atomic E-state index is 12.6. The molecule has 0 aromatic carbocycles. The standard InChI is InChI=1S/C13H20N2O4S/c1-10-4-3-6-15(7-5-10)20(18,19)11-8-12(13(16)17)14(2)9-11/h8-10H,3-7H2,1-2H3,(H,16,17). The maximum Gasteiger partial charge on any atom is 0.352 e. The lowest BCUT2D eigenvalue weighted by molar-refractivity contribution is 0.0686. The first-order valence-corrected chi connectivity index (χ1v) is 8.16. The number of aryl methyl sites for hydroxylation is 1. The Kier molecular flexibility index (Phi) is 4.19. The number of rotatable bonds is 3. The van der Waals surface area contributed by atoms with E-state index in [4.69, 9.17) is 5.11 Å². The predicted molar refractivity (Wildman–Crippen MR) is 74.1 cm³/mol. The van der Waals surface area contributed by atoms with Crippen molar-refractivity contribution in [2.45, 2.75) is 31.1 Å². The van der Waals surface area contributed by atoms with Crippen LogP contribution in [0.4, 0.5) is 0 Å². The van der Waals surface area contributed by atoms with Crippen molar-refractivity contribution < 1.29 is 18.3 Å². The summed E-state index contributed by atoms with van der Waals surface area (Å²) in [5.74, 6) is -0.598. The van der Waals surface area contributed by atoms with Crippen molar-refractivity contribution in [1.29, 1.82) is 0 Å². The Hall–Kier alpha value is -1.34. The number of aromatic carboxylic acids is 1. The topological polar surface area (TPSA) is 79.6 Å². The monoisotopic (exact) mass is 300 g/mol. The molecule has 1 fully saturated rings. The van der Waals surface area contributed by atoms with E-state index in [0.717, 1.165) is 19.3 Å². The van der Waals surface area contributed by atoms with E-state index in [1.54, 1.807) is 0 Å². The molecule has 2 rings (SSSR count). The zero-order valence-corrected chi connectivity index (χ0v) is 12.6.